The molecular weight excluding hydrogens is 414 g/mol. The highest BCUT2D eigenvalue weighted by Crippen LogP contribution is 2.48. The lowest BCUT2D eigenvalue weighted by atomic mass is 9.65. The second-order valence-electron chi connectivity index (χ2n) is 11.4. The first-order valence-corrected chi connectivity index (χ1v) is 14.2. The summed E-state index contributed by atoms with van der Waals surface area (Å²) in [5.74, 6) is 1.03. The number of fused-ring (bicyclic) bond motifs is 2. The van der Waals surface area contributed by atoms with Gasteiger partial charge in [-0.25, -0.2) is 8.78 Å². The van der Waals surface area contributed by atoms with E-state index in [1.165, 1.54) is 44.9 Å². The maximum atomic E-state index is 15.3. The Kier molecular flexibility index (Phi) is 9.25. The minimum absolute atomic E-state index is 0.190. The summed E-state index contributed by atoms with van der Waals surface area (Å²) in [5.41, 5.74) is 2.48. The third-order valence-corrected chi connectivity index (χ3v) is 9.07. The minimum atomic E-state index is -0.527. The van der Waals surface area contributed by atoms with Crippen LogP contribution in [-0.4, -0.2) is 12.7 Å². The molecule has 0 radical (unpaired) electrons. The number of unbranched alkanes of at least 4 members (excludes halogenated alkanes) is 4. The van der Waals surface area contributed by atoms with Gasteiger partial charge in [0.15, 0.2) is 11.6 Å². The lowest BCUT2D eigenvalue weighted by molar-refractivity contribution is -0.0161. The molecule has 4 rings (SSSR count). The van der Waals surface area contributed by atoms with Crippen molar-refractivity contribution < 1.29 is 13.5 Å². The molecule has 0 aromatic heterocycles. The molecule has 33 heavy (non-hydrogen) atoms. The van der Waals surface area contributed by atoms with Gasteiger partial charge in [0, 0.05) is 6.61 Å². The van der Waals surface area contributed by atoms with Gasteiger partial charge in [0.2, 0.25) is 0 Å². The van der Waals surface area contributed by atoms with Gasteiger partial charge in [0.05, 0.1) is 6.10 Å². The van der Waals surface area contributed by atoms with E-state index in [-0.39, 0.29) is 5.92 Å². The summed E-state index contributed by atoms with van der Waals surface area (Å²) in [6.45, 7) is 5.32. The van der Waals surface area contributed by atoms with Crippen LogP contribution >= 0.6 is 0 Å². The predicted molar refractivity (Wildman–Crippen MR) is 133 cm³/mol. The summed E-state index contributed by atoms with van der Waals surface area (Å²) < 4.78 is 36.7. The third-order valence-electron chi connectivity index (χ3n) is 9.07. The topological polar surface area (TPSA) is 9.23 Å². The molecule has 2 saturated carbocycles. The average molecular weight is 461 g/mol. The maximum Gasteiger partial charge on any atom is 0.162 e. The normalized spacial score (nSPS) is 29.5. The largest absolute Gasteiger partial charge is 0.378 e. The Morgan fingerprint density at radius 2 is 1.64 bits per heavy atom. The summed E-state index contributed by atoms with van der Waals surface area (Å²) in [6, 6.07) is 2.07. The van der Waals surface area contributed by atoms with E-state index in [1.54, 1.807) is 0 Å². The Morgan fingerprint density at radius 1 is 0.848 bits per heavy atom. The summed E-state index contributed by atoms with van der Waals surface area (Å²) >= 11 is 0. The molecule has 0 bridgehead atoms. The molecule has 0 spiro atoms. The fraction of sp³-hybridized carbons (Fsp3) is 0.800. The second kappa shape index (κ2) is 12.1. The van der Waals surface area contributed by atoms with Gasteiger partial charge in [-0.1, -0.05) is 58.4 Å². The van der Waals surface area contributed by atoms with Gasteiger partial charge >= 0.3 is 0 Å². The van der Waals surface area contributed by atoms with Crippen LogP contribution in [0.15, 0.2) is 6.07 Å². The number of benzene rings is 1. The highest BCUT2D eigenvalue weighted by molar-refractivity contribution is 5.38. The molecule has 0 N–H and O–H groups in total. The molecule has 1 nitrogen and oxygen atoms in total. The Bertz CT molecular complexity index is 760. The van der Waals surface area contributed by atoms with Crippen molar-refractivity contribution in [2.24, 2.45) is 17.8 Å². The molecule has 0 aliphatic heterocycles. The number of rotatable bonds is 10. The predicted octanol–water partition coefficient (Wildman–Crippen LogP) is 8.91. The standard InChI is InChI=1S/C30H46F2O/c1-3-5-7-8-9-21-10-11-25-20-28(30(32)29(31)27(25)17-21)24-13-12-23-19-26(33-16-6-4-2)15-14-22(23)18-24/h20-24,26H,3-19H2,1-2H3. The van der Waals surface area contributed by atoms with Gasteiger partial charge in [-0.15, -0.1) is 0 Å². The van der Waals surface area contributed by atoms with E-state index in [0.717, 1.165) is 70.0 Å². The van der Waals surface area contributed by atoms with Crippen molar-refractivity contribution in [1.29, 1.82) is 0 Å². The third kappa shape index (κ3) is 6.19. The molecular formula is C30H46F2O. The molecule has 0 heterocycles. The maximum absolute atomic E-state index is 15.3. The number of halogens is 2. The molecule has 3 aliphatic rings. The molecule has 0 saturated heterocycles. The van der Waals surface area contributed by atoms with E-state index in [4.69, 9.17) is 4.74 Å². The average Bonchev–Trinajstić information content (AvgIpc) is 2.84. The lowest BCUT2D eigenvalue weighted by Crippen LogP contribution is -2.34. The molecule has 0 amide bonds. The van der Waals surface area contributed by atoms with Crippen LogP contribution in [0.2, 0.25) is 0 Å². The summed E-state index contributed by atoms with van der Waals surface area (Å²) in [6.07, 6.45) is 18.4. The Labute approximate surface area is 201 Å². The van der Waals surface area contributed by atoms with Gasteiger partial charge in [-0.3, -0.25) is 0 Å². The number of aryl methyl sites for hydroxylation is 1. The highest BCUT2D eigenvalue weighted by Gasteiger charge is 2.38. The zero-order valence-corrected chi connectivity index (χ0v) is 21.1. The van der Waals surface area contributed by atoms with E-state index in [2.05, 4.69) is 19.9 Å². The van der Waals surface area contributed by atoms with Gasteiger partial charge in [0.1, 0.15) is 0 Å². The Balaban J connectivity index is 1.36. The molecule has 5 unspecified atom stereocenters. The van der Waals surface area contributed by atoms with E-state index in [0.29, 0.717) is 35.0 Å². The molecule has 1 aromatic carbocycles. The van der Waals surface area contributed by atoms with Crippen LogP contribution in [0.5, 0.6) is 0 Å². The van der Waals surface area contributed by atoms with Gasteiger partial charge in [0.25, 0.3) is 0 Å². The van der Waals surface area contributed by atoms with Crippen molar-refractivity contribution >= 4 is 0 Å². The smallest absolute Gasteiger partial charge is 0.162 e. The summed E-state index contributed by atoms with van der Waals surface area (Å²) in [4.78, 5) is 0. The zero-order chi connectivity index (χ0) is 23.2. The molecule has 3 aliphatic carbocycles. The van der Waals surface area contributed by atoms with Crippen molar-refractivity contribution in [2.75, 3.05) is 6.61 Å². The molecule has 3 heteroatoms. The Hall–Kier alpha value is -0.960. The van der Waals surface area contributed by atoms with Crippen LogP contribution in [-0.2, 0) is 17.6 Å². The van der Waals surface area contributed by atoms with E-state index in [1.807, 2.05) is 0 Å². The highest BCUT2D eigenvalue weighted by atomic mass is 19.2. The molecule has 5 atom stereocenters. The second-order valence-corrected chi connectivity index (χ2v) is 11.4. The molecule has 2 fully saturated rings. The quantitative estimate of drug-likeness (QED) is 0.317. The lowest BCUT2D eigenvalue weighted by Gasteiger charge is -2.42. The molecule has 1 aromatic rings. The number of hydrogen-bond acceptors (Lipinski definition) is 1. The number of hydrogen-bond donors (Lipinski definition) is 0. The minimum Gasteiger partial charge on any atom is -0.378 e. The van der Waals surface area contributed by atoms with Crippen molar-refractivity contribution in [2.45, 2.75) is 129 Å². The Morgan fingerprint density at radius 3 is 2.45 bits per heavy atom. The van der Waals surface area contributed by atoms with Crippen LogP contribution in [0.3, 0.4) is 0 Å². The van der Waals surface area contributed by atoms with Crippen LogP contribution in [0.4, 0.5) is 8.78 Å². The van der Waals surface area contributed by atoms with E-state index in [9.17, 15) is 0 Å². The summed E-state index contributed by atoms with van der Waals surface area (Å²) in [7, 11) is 0. The first-order chi connectivity index (χ1) is 16.1. The van der Waals surface area contributed by atoms with Gasteiger partial charge in [-0.2, -0.15) is 0 Å². The SMILES string of the molecule is CCCCCCC1CCc2cc(C3CCC4CC(OCCCC)CCC4C3)c(F)c(F)c2C1. The van der Waals surface area contributed by atoms with Crippen molar-refractivity contribution in [3.63, 3.8) is 0 Å². The van der Waals surface area contributed by atoms with E-state index >= 15 is 8.78 Å². The monoisotopic (exact) mass is 460 g/mol. The molecule has 186 valence electrons. The summed E-state index contributed by atoms with van der Waals surface area (Å²) in [5, 5.41) is 0. The number of ether oxygens (including phenoxy) is 1. The zero-order valence-electron chi connectivity index (χ0n) is 21.1. The fourth-order valence-corrected chi connectivity index (χ4v) is 7.01. The van der Waals surface area contributed by atoms with Crippen LogP contribution in [0, 0.1) is 29.4 Å². The first-order valence-electron chi connectivity index (χ1n) is 14.2. The van der Waals surface area contributed by atoms with Crippen LogP contribution < -0.4 is 0 Å². The van der Waals surface area contributed by atoms with Crippen LogP contribution in [0.25, 0.3) is 0 Å². The van der Waals surface area contributed by atoms with Crippen molar-refractivity contribution in [3.8, 4) is 0 Å². The van der Waals surface area contributed by atoms with Crippen molar-refractivity contribution in [3.05, 3.63) is 34.4 Å². The van der Waals surface area contributed by atoms with Gasteiger partial charge < -0.3 is 4.74 Å². The van der Waals surface area contributed by atoms with Crippen molar-refractivity contribution in [1.82, 2.24) is 0 Å². The first kappa shape index (κ1) is 25.1. The van der Waals surface area contributed by atoms with Crippen LogP contribution in [0.1, 0.15) is 126 Å². The fourth-order valence-electron chi connectivity index (χ4n) is 7.01. The van der Waals surface area contributed by atoms with E-state index < -0.39 is 11.6 Å². The van der Waals surface area contributed by atoms with Gasteiger partial charge in [-0.05, 0) is 105 Å².